The fraction of sp³-hybridized carbons (Fsp3) is 0.500. The molecule has 0 spiro atoms. The summed E-state index contributed by atoms with van der Waals surface area (Å²) < 4.78 is 11.8. The number of methoxy groups -OCH3 is 2. The molecule has 1 aromatic heterocycles. The van der Waals surface area contributed by atoms with Gasteiger partial charge >= 0.3 is 0 Å². The third kappa shape index (κ3) is 3.75. The smallest absolute Gasteiger partial charge is 0.261 e. The summed E-state index contributed by atoms with van der Waals surface area (Å²) in [5, 5.41) is 3.41. The molecule has 1 saturated carbocycles. The molecule has 0 atom stereocenters. The average molecular weight is 345 g/mol. The lowest BCUT2D eigenvalue weighted by molar-refractivity contribution is -0.122. The van der Waals surface area contributed by atoms with E-state index in [0.29, 0.717) is 22.4 Å². The van der Waals surface area contributed by atoms with E-state index in [2.05, 4.69) is 10.3 Å². The second-order valence-electron chi connectivity index (χ2n) is 6.30. The van der Waals surface area contributed by atoms with Gasteiger partial charge in [-0.3, -0.25) is 14.2 Å². The zero-order valence-electron chi connectivity index (χ0n) is 14.6. The molecule has 7 heteroatoms. The van der Waals surface area contributed by atoms with Crippen molar-refractivity contribution in [2.24, 2.45) is 0 Å². The van der Waals surface area contributed by atoms with E-state index < -0.39 is 0 Å². The maximum atomic E-state index is 12.7. The van der Waals surface area contributed by atoms with Crippen molar-refractivity contribution in [1.82, 2.24) is 14.9 Å². The number of fused-ring (bicyclic) bond motifs is 1. The van der Waals surface area contributed by atoms with E-state index in [1.54, 1.807) is 12.1 Å². The highest BCUT2D eigenvalue weighted by Crippen LogP contribution is 2.29. The molecule has 2 aromatic rings. The Bertz CT molecular complexity index is 825. The van der Waals surface area contributed by atoms with Crippen LogP contribution in [0.2, 0.25) is 0 Å². The van der Waals surface area contributed by atoms with Gasteiger partial charge in [0, 0.05) is 12.1 Å². The lowest BCUT2D eigenvalue weighted by Gasteiger charge is -2.22. The summed E-state index contributed by atoms with van der Waals surface area (Å²) in [6.07, 6.45) is 6.93. The van der Waals surface area contributed by atoms with Gasteiger partial charge in [0.2, 0.25) is 5.91 Å². The van der Waals surface area contributed by atoms with Crippen molar-refractivity contribution < 1.29 is 14.3 Å². The molecule has 1 fully saturated rings. The molecule has 1 aliphatic carbocycles. The number of aromatic nitrogens is 2. The van der Waals surface area contributed by atoms with Crippen LogP contribution in [0.25, 0.3) is 10.9 Å². The molecule has 0 aliphatic heterocycles. The van der Waals surface area contributed by atoms with Crippen molar-refractivity contribution in [3.8, 4) is 11.5 Å². The SMILES string of the molecule is COc1cc2ncn(CC(=O)NC3CCCCC3)c(=O)c2cc1OC. The predicted molar refractivity (Wildman–Crippen MR) is 94.1 cm³/mol. The van der Waals surface area contributed by atoms with Crippen LogP contribution >= 0.6 is 0 Å². The summed E-state index contributed by atoms with van der Waals surface area (Å²) in [6, 6.07) is 3.47. The Morgan fingerprint density at radius 1 is 1.20 bits per heavy atom. The molecule has 1 aliphatic rings. The largest absolute Gasteiger partial charge is 0.493 e. The third-order valence-electron chi connectivity index (χ3n) is 4.61. The summed E-state index contributed by atoms with van der Waals surface area (Å²) in [5.74, 6) is 0.809. The van der Waals surface area contributed by atoms with Gasteiger partial charge in [-0.05, 0) is 18.9 Å². The molecular formula is C18H23N3O4. The Kier molecular flexibility index (Phi) is 5.21. The number of ether oxygens (including phenoxy) is 2. The Labute approximate surface area is 146 Å². The van der Waals surface area contributed by atoms with E-state index in [1.165, 1.54) is 31.5 Å². The molecule has 0 bridgehead atoms. The molecular weight excluding hydrogens is 322 g/mol. The summed E-state index contributed by atoms with van der Waals surface area (Å²) in [6.45, 7) is -0.0351. The van der Waals surface area contributed by atoms with Crippen molar-refractivity contribution in [3.63, 3.8) is 0 Å². The first-order valence-corrected chi connectivity index (χ1v) is 8.53. The monoisotopic (exact) mass is 345 g/mol. The second kappa shape index (κ2) is 7.55. The summed E-state index contributed by atoms with van der Waals surface area (Å²) in [4.78, 5) is 29.2. The van der Waals surface area contributed by atoms with E-state index in [4.69, 9.17) is 9.47 Å². The maximum absolute atomic E-state index is 12.7. The van der Waals surface area contributed by atoms with Crippen LogP contribution in [0.3, 0.4) is 0 Å². The molecule has 1 N–H and O–H groups in total. The van der Waals surface area contributed by atoms with Gasteiger partial charge in [0.15, 0.2) is 11.5 Å². The Balaban J connectivity index is 1.83. The van der Waals surface area contributed by atoms with Crippen LogP contribution in [0.15, 0.2) is 23.3 Å². The highest BCUT2D eigenvalue weighted by molar-refractivity contribution is 5.82. The normalized spacial score (nSPS) is 15.1. The lowest BCUT2D eigenvalue weighted by atomic mass is 9.95. The van der Waals surface area contributed by atoms with Gasteiger partial charge in [0.05, 0.1) is 31.4 Å². The first-order valence-electron chi connectivity index (χ1n) is 8.53. The molecule has 134 valence electrons. The highest BCUT2D eigenvalue weighted by atomic mass is 16.5. The van der Waals surface area contributed by atoms with Gasteiger partial charge in [-0.25, -0.2) is 4.98 Å². The van der Waals surface area contributed by atoms with Crippen LogP contribution in [-0.2, 0) is 11.3 Å². The van der Waals surface area contributed by atoms with E-state index in [-0.39, 0.29) is 24.1 Å². The molecule has 1 heterocycles. The summed E-state index contributed by atoms with van der Waals surface area (Å²) >= 11 is 0. The number of rotatable bonds is 5. The van der Waals surface area contributed by atoms with Gasteiger partial charge in [-0.1, -0.05) is 19.3 Å². The van der Waals surface area contributed by atoms with Gasteiger partial charge in [0.1, 0.15) is 6.54 Å². The molecule has 0 unspecified atom stereocenters. The van der Waals surface area contributed by atoms with E-state index in [1.807, 2.05) is 0 Å². The van der Waals surface area contributed by atoms with Crippen LogP contribution in [0, 0.1) is 0 Å². The van der Waals surface area contributed by atoms with Crippen molar-refractivity contribution >= 4 is 16.8 Å². The Hall–Kier alpha value is -2.57. The van der Waals surface area contributed by atoms with Gasteiger partial charge < -0.3 is 14.8 Å². The molecule has 0 saturated heterocycles. The predicted octanol–water partition coefficient (Wildman–Crippen LogP) is 1.86. The van der Waals surface area contributed by atoms with Crippen LogP contribution in [0.4, 0.5) is 0 Å². The van der Waals surface area contributed by atoms with Gasteiger partial charge in [-0.15, -0.1) is 0 Å². The minimum Gasteiger partial charge on any atom is -0.493 e. The first kappa shape index (κ1) is 17.3. The lowest BCUT2D eigenvalue weighted by Crippen LogP contribution is -2.39. The second-order valence-corrected chi connectivity index (χ2v) is 6.30. The third-order valence-corrected chi connectivity index (χ3v) is 4.61. The van der Waals surface area contributed by atoms with Crippen molar-refractivity contribution in [3.05, 3.63) is 28.8 Å². The number of nitrogens with one attached hydrogen (secondary N) is 1. The van der Waals surface area contributed by atoms with Gasteiger partial charge in [-0.2, -0.15) is 0 Å². The number of hydrogen-bond acceptors (Lipinski definition) is 5. The zero-order valence-corrected chi connectivity index (χ0v) is 14.6. The quantitative estimate of drug-likeness (QED) is 0.894. The van der Waals surface area contributed by atoms with Crippen LogP contribution in [0.1, 0.15) is 32.1 Å². The number of nitrogens with zero attached hydrogens (tertiary/aromatic N) is 2. The van der Waals surface area contributed by atoms with Gasteiger partial charge in [0.25, 0.3) is 5.56 Å². The number of amides is 1. The minimum absolute atomic E-state index is 0.0351. The van der Waals surface area contributed by atoms with E-state index >= 15 is 0 Å². The molecule has 0 radical (unpaired) electrons. The van der Waals surface area contributed by atoms with Crippen LogP contribution < -0.4 is 20.3 Å². The number of carbonyl (C=O) groups excluding carboxylic acids is 1. The topological polar surface area (TPSA) is 82.5 Å². The van der Waals surface area contributed by atoms with E-state index in [9.17, 15) is 9.59 Å². The van der Waals surface area contributed by atoms with Crippen molar-refractivity contribution in [2.75, 3.05) is 14.2 Å². The fourth-order valence-electron chi connectivity index (χ4n) is 3.27. The van der Waals surface area contributed by atoms with Crippen LogP contribution in [0.5, 0.6) is 11.5 Å². The molecule has 3 rings (SSSR count). The number of carbonyl (C=O) groups is 1. The molecule has 7 nitrogen and oxygen atoms in total. The summed E-state index contributed by atoms with van der Waals surface area (Å²) in [5.41, 5.74) is 0.233. The zero-order chi connectivity index (χ0) is 17.8. The standard InChI is InChI=1S/C18H23N3O4/c1-24-15-8-13-14(9-16(15)25-2)19-11-21(18(13)23)10-17(22)20-12-6-4-3-5-7-12/h8-9,11-12H,3-7,10H2,1-2H3,(H,20,22). The molecule has 1 amide bonds. The average Bonchev–Trinajstić information content (AvgIpc) is 2.64. The molecule has 25 heavy (non-hydrogen) atoms. The number of hydrogen-bond donors (Lipinski definition) is 1. The van der Waals surface area contributed by atoms with Crippen LogP contribution in [-0.4, -0.2) is 35.7 Å². The Morgan fingerprint density at radius 3 is 2.56 bits per heavy atom. The maximum Gasteiger partial charge on any atom is 0.261 e. The highest BCUT2D eigenvalue weighted by Gasteiger charge is 2.17. The van der Waals surface area contributed by atoms with Crippen molar-refractivity contribution in [2.45, 2.75) is 44.7 Å². The minimum atomic E-state index is -0.273. The number of benzene rings is 1. The van der Waals surface area contributed by atoms with Crippen molar-refractivity contribution in [1.29, 1.82) is 0 Å². The fourth-order valence-corrected chi connectivity index (χ4v) is 3.27. The molecule has 1 aromatic carbocycles. The summed E-state index contributed by atoms with van der Waals surface area (Å²) in [7, 11) is 3.04. The van der Waals surface area contributed by atoms with E-state index in [0.717, 1.165) is 25.7 Å². The first-order chi connectivity index (χ1) is 12.1. The Morgan fingerprint density at radius 2 is 1.88 bits per heavy atom.